The van der Waals surface area contributed by atoms with E-state index in [4.69, 9.17) is 4.74 Å². The number of hydrogen-bond acceptors (Lipinski definition) is 5. The predicted molar refractivity (Wildman–Crippen MR) is 158 cm³/mol. The standard InChI is InChI=1S/C31H38FN3O5S/c1-5-7-19-33-31(37)29(6-2)34(21-24-13-15-25(32)16-14-24)30(36)22-35(26-9-8-10-27(20-26)40-4)41(38,39)28-17-11-23(3)12-18-28/h8-18,20,29H,5-7,19,21-22H2,1-4H3,(H,33,37)/t29-/m1/s1. The van der Waals surface area contributed by atoms with E-state index in [2.05, 4.69) is 5.32 Å². The van der Waals surface area contributed by atoms with Crippen molar-refractivity contribution in [2.24, 2.45) is 0 Å². The summed E-state index contributed by atoms with van der Waals surface area (Å²) in [4.78, 5) is 28.7. The van der Waals surface area contributed by atoms with Crippen LogP contribution in [0, 0.1) is 12.7 Å². The number of rotatable bonds is 14. The molecule has 0 heterocycles. The van der Waals surface area contributed by atoms with Crippen molar-refractivity contribution in [1.82, 2.24) is 10.2 Å². The summed E-state index contributed by atoms with van der Waals surface area (Å²) in [5.41, 5.74) is 1.73. The summed E-state index contributed by atoms with van der Waals surface area (Å²) in [6, 6.07) is 17.6. The topological polar surface area (TPSA) is 96.0 Å². The molecule has 3 aromatic carbocycles. The zero-order chi connectivity index (χ0) is 30.0. The fourth-order valence-electron chi connectivity index (χ4n) is 4.34. The monoisotopic (exact) mass is 583 g/mol. The first-order valence-corrected chi connectivity index (χ1v) is 15.1. The van der Waals surface area contributed by atoms with Gasteiger partial charge in [-0.3, -0.25) is 13.9 Å². The number of benzene rings is 3. The van der Waals surface area contributed by atoms with E-state index in [9.17, 15) is 22.4 Å². The van der Waals surface area contributed by atoms with Gasteiger partial charge in [-0.25, -0.2) is 12.8 Å². The number of anilines is 1. The lowest BCUT2D eigenvalue weighted by atomic mass is 10.1. The molecule has 41 heavy (non-hydrogen) atoms. The first-order valence-electron chi connectivity index (χ1n) is 13.7. The lowest BCUT2D eigenvalue weighted by molar-refractivity contribution is -0.140. The van der Waals surface area contributed by atoms with E-state index < -0.39 is 34.3 Å². The Morgan fingerprint density at radius 2 is 1.68 bits per heavy atom. The maximum atomic E-state index is 14.1. The van der Waals surface area contributed by atoms with E-state index in [-0.39, 0.29) is 23.0 Å². The number of carbonyl (C=O) groups is 2. The zero-order valence-corrected chi connectivity index (χ0v) is 24.8. The predicted octanol–water partition coefficient (Wildman–Crippen LogP) is 5.06. The lowest BCUT2D eigenvalue weighted by Gasteiger charge is -2.33. The molecule has 0 aliphatic rings. The van der Waals surface area contributed by atoms with Crippen molar-refractivity contribution in [2.45, 2.75) is 57.5 Å². The molecule has 1 N–H and O–H groups in total. The Hall–Kier alpha value is -3.92. The van der Waals surface area contributed by atoms with Crippen LogP contribution in [0.5, 0.6) is 5.75 Å². The van der Waals surface area contributed by atoms with Crippen LogP contribution in [0.3, 0.4) is 0 Å². The molecule has 0 aliphatic carbocycles. The number of unbranched alkanes of at least 4 members (excludes halogenated alkanes) is 1. The molecule has 10 heteroatoms. The van der Waals surface area contributed by atoms with E-state index in [1.165, 1.54) is 42.3 Å². The quantitative estimate of drug-likeness (QED) is 0.268. The number of aryl methyl sites for hydroxylation is 1. The van der Waals surface area contributed by atoms with Gasteiger partial charge >= 0.3 is 0 Å². The highest BCUT2D eigenvalue weighted by atomic mass is 32.2. The van der Waals surface area contributed by atoms with Gasteiger partial charge in [0.05, 0.1) is 17.7 Å². The fraction of sp³-hybridized carbons (Fsp3) is 0.355. The molecule has 1 atom stereocenters. The Morgan fingerprint density at radius 3 is 2.29 bits per heavy atom. The van der Waals surface area contributed by atoms with Crippen LogP contribution < -0.4 is 14.4 Å². The van der Waals surface area contributed by atoms with Gasteiger partial charge in [0.1, 0.15) is 24.2 Å². The maximum Gasteiger partial charge on any atom is 0.264 e. The van der Waals surface area contributed by atoms with Crippen molar-refractivity contribution in [1.29, 1.82) is 0 Å². The van der Waals surface area contributed by atoms with Gasteiger partial charge in [0.15, 0.2) is 0 Å². The summed E-state index contributed by atoms with van der Waals surface area (Å²) in [5.74, 6) is -0.913. The number of methoxy groups -OCH3 is 1. The Balaban J connectivity index is 2.05. The van der Waals surface area contributed by atoms with Crippen molar-refractivity contribution in [2.75, 3.05) is 24.5 Å². The highest BCUT2D eigenvalue weighted by Gasteiger charge is 2.33. The molecule has 0 aliphatic heterocycles. The number of halogens is 1. The van der Waals surface area contributed by atoms with Crippen LogP contribution >= 0.6 is 0 Å². The van der Waals surface area contributed by atoms with Crippen LogP contribution in [0.15, 0.2) is 77.7 Å². The minimum atomic E-state index is -4.19. The van der Waals surface area contributed by atoms with E-state index in [1.54, 1.807) is 49.4 Å². The fourth-order valence-corrected chi connectivity index (χ4v) is 5.75. The van der Waals surface area contributed by atoms with E-state index in [1.807, 2.05) is 13.8 Å². The molecule has 0 unspecified atom stereocenters. The summed E-state index contributed by atoms with van der Waals surface area (Å²) in [5, 5.41) is 2.89. The molecule has 0 spiro atoms. The molecule has 2 amide bonds. The van der Waals surface area contributed by atoms with Gasteiger partial charge in [0, 0.05) is 19.2 Å². The first kappa shape index (κ1) is 31.6. The van der Waals surface area contributed by atoms with Gasteiger partial charge in [-0.05, 0) is 61.7 Å². The van der Waals surface area contributed by atoms with Crippen molar-refractivity contribution >= 4 is 27.5 Å². The van der Waals surface area contributed by atoms with Gasteiger partial charge < -0.3 is 15.0 Å². The number of hydrogen-bond donors (Lipinski definition) is 1. The van der Waals surface area contributed by atoms with Gasteiger partial charge in [-0.1, -0.05) is 56.2 Å². The van der Waals surface area contributed by atoms with Crippen LogP contribution in [-0.4, -0.2) is 51.4 Å². The molecule has 0 saturated heterocycles. The van der Waals surface area contributed by atoms with Crippen LogP contribution in [0.25, 0.3) is 0 Å². The van der Waals surface area contributed by atoms with Crippen molar-refractivity contribution < 1.29 is 27.1 Å². The zero-order valence-electron chi connectivity index (χ0n) is 24.0. The largest absolute Gasteiger partial charge is 0.497 e. The van der Waals surface area contributed by atoms with E-state index >= 15 is 0 Å². The minimum Gasteiger partial charge on any atom is -0.497 e. The Morgan fingerprint density at radius 1 is 1.00 bits per heavy atom. The number of amides is 2. The third kappa shape index (κ3) is 8.29. The summed E-state index contributed by atoms with van der Waals surface area (Å²) >= 11 is 0. The molecule has 8 nitrogen and oxygen atoms in total. The van der Waals surface area contributed by atoms with Gasteiger partial charge in [-0.2, -0.15) is 0 Å². The molecule has 3 rings (SSSR count). The SMILES string of the molecule is CCCCNC(=O)[C@@H](CC)N(Cc1ccc(F)cc1)C(=O)CN(c1cccc(OC)c1)S(=O)(=O)c1ccc(C)cc1. The molecule has 0 fully saturated rings. The van der Waals surface area contributed by atoms with Crippen molar-refractivity contribution in [3.05, 3.63) is 89.7 Å². The van der Waals surface area contributed by atoms with Crippen LogP contribution in [0.1, 0.15) is 44.2 Å². The van der Waals surface area contributed by atoms with Crippen LogP contribution in [0.2, 0.25) is 0 Å². The number of sulfonamides is 1. The molecule has 3 aromatic rings. The molecule has 220 valence electrons. The normalized spacial score (nSPS) is 11.9. The van der Waals surface area contributed by atoms with E-state index in [0.717, 1.165) is 22.7 Å². The molecule has 0 radical (unpaired) electrons. The van der Waals surface area contributed by atoms with Crippen molar-refractivity contribution in [3.8, 4) is 5.75 Å². The first-order chi connectivity index (χ1) is 19.6. The maximum absolute atomic E-state index is 14.1. The molecule has 0 aromatic heterocycles. The molecule has 0 bridgehead atoms. The summed E-state index contributed by atoms with van der Waals surface area (Å²) in [7, 11) is -2.72. The highest BCUT2D eigenvalue weighted by Crippen LogP contribution is 2.28. The third-order valence-corrected chi connectivity index (χ3v) is 8.50. The number of carbonyl (C=O) groups excluding carboxylic acids is 2. The van der Waals surface area contributed by atoms with E-state index in [0.29, 0.717) is 24.3 Å². The lowest BCUT2D eigenvalue weighted by Crippen LogP contribution is -2.52. The number of nitrogens with zero attached hydrogens (tertiary/aromatic N) is 2. The van der Waals surface area contributed by atoms with Crippen LogP contribution in [-0.2, 0) is 26.2 Å². The Kier molecular flexibility index (Phi) is 11.3. The second-order valence-electron chi connectivity index (χ2n) is 9.74. The summed E-state index contributed by atoms with van der Waals surface area (Å²) in [6.07, 6.45) is 1.98. The van der Waals surface area contributed by atoms with Gasteiger partial charge in [-0.15, -0.1) is 0 Å². The molecule has 0 saturated carbocycles. The highest BCUT2D eigenvalue weighted by molar-refractivity contribution is 7.92. The van der Waals surface area contributed by atoms with Crippen LogP contribution in [0.4, 0.5) is 10.1 Å². The number of nitrogens with one attached hydrogen (secondary N) is 1. The Bertz CT molecular complexity index is 1410. The third-order valence-electron chi connectivity index (χ3n) is 6.71. The molecular formula is C31H38FN3O5S. The summed E-state index contributed by atoms with van der Waals surface area (Å²) in [6.45, 7) is 5.54. The second-order valence-corrected chi connectivity index (χ2v) is 11.6. The smallest absolute Gasteiger partial charge is 0.264 e. The average Bonchev–Trinajstić information content (AvgIpc) is 2.97. The minimum absolute atomic E-state index is 0.00462. The van der Waals surface area contributed by atoms with Gasteiger partial charge in [0.25, 0.3) is 10.0 Å². The number of ether oxygens (including phenoxy) is 1. The Labute approximate surface area is 242 Å². The summed E-state index contributed by atoms with van der Waals surface area (Å²) < 4.78 is 47.8. The molecular weight excluding hydrogens is 545 g/mol. The second kappa shape index (κ2) is 14.6. The van der Waals surface area contributed by atoms with Gasteiger partial charge in [0.2, 0.25) is 11.8 Å². The van der Waals surface area contributed by atoms with Crippen molar-refractivity contribution in [3.63, 3.8) is 0 Å². The average molecular weight is 584 g/mol.